The van der Waals surface area contributed by atoms with Gasteiger partial charge in [0.05, 0.1) is 30.1 Å². The van der Waals surface area contributed by atoms with Crippen LogP contribution in [0.5, 0.6) is 11.5 Å². The number of benzene rings is 1. The Bertz CT molecular complexity index is 935. The molecule has 2 aromatic rings. The Morgan fingerprint density at radius 1 is 1.14 bits per heavy atom. The molecule has 2 amide bonds. The number of thiophene rings is 1. The maximum absolute atomic E-state index is 13.4. The average molecular weight is 415 g/mol. The first-order valence-electron chi connectivity index (χ1n) is 9.96. The lowest BCUT2D eigenvalue weighted by atomic mass is 10.0. The van der Waals surface area contributed by atoms with Gasteiger partial charge in [-0.2, -0.15) is 0 Å². The number of carbonyl (C=O) groups excluding carboxylic acids is 2. The van der Waals surface area contributed by atoms with Gasteiger partial charge in [-0.25, -0.2) is 0 Å². The number of carbonyl (C=O) groups is 2. The van der Waals surface area contributed by atoms with Crippen LogP contribution in [0.4, 0.5) is 5.00 Å². The van der Waals surface area contributed by atoms with E-state index in [0.29, 0.717) is 11.4 Å². The molecule has 2 heterocycles. The van der Waals surface area contributed by atoms with Gasteiger partial charge in [-0.05, 0) is 56.4 Å². The third-order valence-electron chi connectivity index (χ3n) is 5.62. The topological polar surface area (TPSA) is 67.9 Å². The number of amides is 2. The Labute approximate surface area is 174 Å². The molecule has 1 saturated heterocycles. The number of hydrogen-bond acceptors (Lipinski definition) is 5. The third kappa shape index (κ3) is 3.96. The minimum atomic E-state index is -0.0330. The molecule has 1 aliphatic heterocycles. The molecule has 0 radical (unpaired) electrons. The van der Waals surface area contributed by atoms with Crippen LogP contribution >= 0.6 is 11.3 Å². The highest BCUT2D eigenvalue weighted by molar-refractivity contribution is 7.18. The predicted molar refractivity (Wildman–Crippen MR) is 113 cm³/mol. The van der Waals surface area contributed by atoms with Gasteiger partial charge in [-0.1, -0.05) is 0 Å². The highest BCUT2D eigenvalue weighted by atomic mass is 32.1. The van der Waals surface area contributed by atoms with E-state index in [2.05, 4.69) is 5.32 Å². The van der Waals surface area contributed by atoms with Gasteiger partial charge in [0.1, 0.15) is 11.5 Å². The van der Waals surface area contributed by atoms with Gasteiger partial charge in [0, 0.05) is 24.1 Å². The minimum Gasteiger partial charge on any atom is -0.497 e. The molecule has 1 aromatic heterocycles. The summed E-state index contributed by atoms with van der Waals surface area (Å²) in [5.74, 6) is 1.68. The monoisotopic (exact) mass is 414 g/mol. The summed E-state index contributed by atoms with van der Waals surface area (Å²) < 4.78 is 10.9. The van der Waals surface area contributed by atoms with Crippen molar-refractivity contribution in [3.8, 4) is 11.5 Å². The minimum absolute atomic E-state index is 0.0137. The van der Waals surface area contributed by atoms with Crippen molar-refractivity contribution < 1.29 is 19.1 Å². The molecule has 2 fully saturated rings. The zero-order valence-electron chi connectivity index (χ0n) is 17.0. The summed E-state index contributed by atoms with van der Waals surface area (Å²) in [6.07, 6.45) is 3.76. The Hall–Kier alpha value is -2.54. The van der Waals surface area contributed by atoms with E-state index in [1.165, 1.54) is 11.3 Å². The Morgan fingerprint density at radius 2 is 1.93 bits per heavy atom. The predicted octanol–water partition coefficient (Wildman–Crippen LogP) is 4.40. The maximum atomic E-state index is 13.4. The SMILES string of the molecule is COc1ccc([C@H]2CCCN2C(=O)c2sc(NC(=O)C3CC3)cc2C)c(OC)c1. The van der Waals surface area contributed by atoms with E-state index in [0.717, 1.165) is 53.3 Å². The van der Waals surface area contributed by atoms with Crippen LogP contribution in [-0.4, -0.2) is 37.5 Å². The summed E-state index contributed by atoms with van der Waals surface area (Å²) in [7, 11) is 3.26. The summed E-state index contributed by atoms with van der Waals surface area (Å²) in [5, 5.41) is 3.71. The molecule has 0 bridgehead atoms. The largest absolute Gasteiger partial charge is 0.497 e. The standard InChI is InChI=1S/C22H26N2O4S/c1-13-11-19(23-21(25)14-6-7-14)29-20(13)22(26)24-10-4-5-17(24)16-9-8-15(27-2)12-18(16)28-3/h8-9,11-12,14,17H,4-7,10H2,1-3H3,(H,23,25)/t17-/m1/s1. The van der Waals surface area contributed by atoms with E-state index >= 15 is 0 Å². The highest BCUT2D eigenvalue weighted by Crippen LogP contribution is 2.41. The number of rotatable bonds is 6. The molecule has 1 aromatic carbocycles. The normalized spacial score (nSPS) is 18.6. The Kier molecular flexibility index (Phi) is 5.50. The number of ether oxygens (including phenoxy) is 2. The second-order valence-corrected chi connectivity index (χ2v) is 8.70. The van der Waals surface area contributed by atoms with Crippen molar-refractivity contribution in [2.24, 2.45) is 5.92 Å². The second-order valence-electron chi connectivity index (χ2n) is 7.65. The summed E-state index contributed by atoms with van der Waals surface area (Å²) >= 11 is 1.37. The number of methoxy groups -OCH3 is 2. The van der Waals surface area contributed by atoms with Crippen LogP contribution in [-0.2, 0) is 4.79 Å². The number of nitrogens with one attached hydrogen (secondary N) is 1. The van der Waals surface area contributed by atoms with Crippen LogP contribution in [0.15, 0.2) is 24.3 Å². The van der Waals surface area contributed by atoms with Crippen LogP contribution in [0.25, 0.3) is 0 Å². The summed E-state index contributed by atoms with van der Waals surface area (Å²) in [6.45, 7) is 2.63. The van der Waals surface area contributed by atoms with E-state index in [4.69, 9.17) is 9.47 Å². The van der Waals surface area contributed by atoms with Gasteiger partial charge in [0.25, 0.3) is 5.91 Å². The van der Waals surface area contributed by atoms with Crippen molar-refractivity contribution in [3.63, 3.8) is 0 Å². The molecule has 1 atom stereocenters. The lowest BCUT2D eigenvalue weighted by molar-refractivity contribution is -0.117. The quantitative estimate of drug-likeness (QED) is 0.761. The first-order valence-corrected chi connectivity index (χ1v) is 10.8. The van der Waals surface area contributed by atoms with Gasteiger partial charge in [0.2, 0.25) is 5.91 Å². The van der Waals surface area contributed by atoms with Gasteiger partial charge in [-0.3, -0.25) is 9.59 Å². The highest BCUT2D eigenvalue weighted by Gasteiger charge is 2.34. The van der Waals surface area contributed by atoms with E-state index in [9.17, 15) is 9.59 Å². The van der Waals surface area contributed by atoms with Crippen molar-refractivity contribution in [1.82, 2.24) is 4.90 Å². The molecule has 4 rings (SSSR count). The number of aryl methyl sites for hydroxylation is 1. The van der Waals surface area contributed by atoms with Gasteiger partial charge in [-0.15, -0.1) is 11.3 Å². The first kappa shape index (κ1) is 19.8. The fourth-order valence-electron chi connectivity index (χ4n) is 3.88. The van der Waals surface area contributed by atoms with Crippen molar-refractivity contribution in [3.05, 3.63) is 40.3 Å². The van der Waals surface area contributed by atoms with Crippen LogP contribution in [0.2, 0.25) is 0 Å². The van der Waals surface area contributed by atoms with Crippen LogP contribution in [0.1, 0.15) is 52.5 Å². The Morgan fingerprint density at radius 3 is 2.62 bits per heavy atom. The van der Waals surface area contributed by atoms with Gasteiger partial charge in [0.15, 0.2) is 0 Å². The number of anilines is 1. The van der Waals surface area contributed by atoms with E-state index in [1.54, 1.807) is 14.2 Å². The molecule has 2 aliphatic rings. The van der Waals surface area contributed by atoms with Crippen molar-refractivity contribution in [2.75, 3.05) is 26.1 Å². The lowest BCUT2D eigenvalue weighted by Crippen LogP contribution is -2.30. The zero-order chi connectivity index (χ0) is 20.5. The van der Waals surface area contributed by atoms with Crippen LogP contribution in [0.3, 0.4) is 0 Å². The van der Waals surface area contributed by atoms with Crippen molar-refractivity contribution >= 4 is 28.2 Å². The lowest BCUT2D eigenvalue weighted by Gasteiger charge is -2.26. The molecule has 7 heteroatoms. The first-order chi connectivity index (χ1) is 14.0. The summed E-state index contributed by atoms with van der Waals surface area (Å²) in [4.78, 5) is 28.1. The summed E-state index contributed by atoms with van der Waals surface area (Å²) in [5.41, 5.74) is 1.90. The number of hydrogen-bond donors (Lipinski definition) is 1. The maximum Gasteiger partial charge on any atom is 0.264 e. The van der Waals surface area contributed by atoms with Crippen LogP contribution < -0.4 is 14.8 Å². The molecular formula is C22H26N2O4S. The van der Waals surface area contributed by atoms with E-state index < -0.39 is 0 Å². The van der Waals surface area contributed by atoms with E-state index in [-0.39, 0.29) is 23.8 Å². The molecule has 6 nitrogen and oxygen atoms in total. The zero-order valence-corrected chi connectivity index (χ0v) is 17.8. The third-order valence-corrected chi connectivity index (χ3v) is 6.76. The molecule has 29 heavy (non-hydrogen) atoms. The molecule has 0 unspecified atom stereocenters. The number of nitrogens with zero attached hydrogens (tertiary/aromatic N) is 1. The number of likely N-dealkylation sites (tertiary alicyclic amines) is 1. The van der Waals surface area contributed by atoms with Gasteiger partial charge < -0.3 is 19.7 Å². The second kappa shape index (κ2) is 8.06. The fourth-order valence-corrected chi connectivity index (χ4v) is 4.91. The molecule has 154 valence electrons. The Balaban J connectivity index is 1.57. The summed E-state index contributed by atoms with van der Waals surface area (Å²) in [6, 6.07) is 7.61. The molecule has 1 saturated carbocycles. The molecule has 1 aliphatic carbocycles. The van der Waals surface area contributed by atoms with Crippen LogP contribution in [0, 0.1) is 12.8 Å². The molecule has 1 N–H and O–H groups in total. The van der Waals surface area contributed by atoms with Gasteiger partial charge >= 0.3 is 0 Å². The van der Waals surface area contributed by atoms with Crippen molar-refractivity contribution in [1.29, 1.82) is 0 Å². The smallest absolute Gasteiger partial charge is 0.264 e. The molecule has 0 spiro atoms. The fraction of sp³-hybridized carbons (Fsp3) is 0.455. The van der Waals surface area contributed by atoms with E-state index in [1.807, 2.05) is 36.1 Å². The molecular weight excluding hydrogens is 388 g/mol. The van der Waals surface area contributed by atoms with Crippen molar-refractivity contribution in [2.45, 2.75) is 38.6 Å². The average Bonchev–Trinajstić information content (AvgIpc) is 3.36.